The molecule has 0 saturated carbocycles. The molecule has 0 aliphatic heterocycles. The number of esters is 1. The van der Waals surface area contributed by atoms with Crippen molar-refractivity contribution in [1.82, 2.24) is 4.90 Å². The molecular weight excluding hydrogens is 270 g/mol. The summed E-state index contributed by atoms with van der Waals surface area (Å²) in [4.78, 5) is 13.9. The Bertz CT molecular complexity index is 383. The summed E-state index contributed by atoms with van der Waals surface area (Å²) in [6, 6.07) is 10.4. The molecule has 3 nitrogen and oxygen atoms in total. The lowest BCUT2D eigenvalue weighted by Crippen LogP contribution is -2.28. The fraction of sp³-hybridized carbons (Fsp3) is 0.562. The minimum absolute atomic E-state index is 0.0836. The third-order valence-corrected chi connectivity index (χ3v) is 3.83. The molecule has 0 heterocycles. The third kappa shape index (κ3) is 6.96. The molecular formula is C16H25NO2S. The summed E-state index contributed by atoms with van der Waals surface area (Å²) in [5.41, 5.74) is 1.30. The molecule has 0 aromatic heterocycles. The van der Waals surface area contributed by atoms with Gasteiger partial charge >= 0.3 is 5.97 Å². The van der Waals surface area contributed by atoms with Crippen LogP contribution in [0.15, 0.2) is 30.3 Å². The molecule has 4 heteroatoms. The Labute approximate surface area is 126 Å². The smallest absolute Gasteiger partial charge is 0.306 e. The van der Waals surface area contributed by atoms with Crippen LogP contribution in [-0.2, 0) is 16.1 Å². The van der Waals surface area contributed by atoms with E-state index in [9.17, 15) is 4.79 Å². The molecule has 1 aromatic rings. The Kier molecular flexibility index (Phi) is 8.38. The number of ether oxygens (including phenoxy) is 1. The van der Waals surface area contributed by atoms with Crippen molar-refractivity contribution in [2.75, 3.05) is 32.2 Å². The Hall–Kier alpha value is -1.00. The summed E-state index contributed by atoms with van der Waals surface area (Å²) in [5.74, 6) is 1.25. The highest BCUT2D eigenvalue weighted by Crippen LogP contribution is 2.14. The maximum Gasteiger partial charge on any atom is 0.306 e. The molecule has 1 rings (SSSR count). The topological polar surface area (TPSA) is 29.5 Å². The van der Waals surface area contributed by atoms with E-state index in [0.717, 1.165) is 18.8 Å². The van der Waals surface area contributed by atoms with Crippen LogP contribution in [0.1, 0.15) is 18.9 Å². The second-order valence-corrected chi connectivity index (χ2v) is 5.92. The van der Waals surface area contributed by atoms with Gasteiger partial charge < -0.3 is 9.64 Å². The number of rotatable bonds is 9. The van der Waals surface area contributed by atoms with E-state index in [1.54, 1.807) is 11.8 Å². The van der Waals surface area contributed by atoms with E-state index in [0.29, 0.717) is 18.9 Å². The number of thioether (sulfide) groups is 1. The van der Waals surface area contributed by atoms with Gasteiger partial charge in [0.1, 0.15) is 0 Å². The van der Waals surface area contributed by atoms with Gasteiger partial charge in [-0.05, 0) is 37.5 Å². The SMILES string of the molecule is CCOC(=O)CC(CSC)CN(C)Cc1ccccc1. The van der Waals surface area contributed by atoms with Gasteiger partial charge in [-0.3, -0.25) is 4.79 Å². The molecule has 112 valence electrons. The zero-order valence-corrected chi connectivity index (χ0v) is 13.5. The van der Waals surface area contributed by atoms with E-state index in [4.69, 9.17) is 4.74 Å². The van der Waals surface area contributed by atoms with Gasteiger partial charge in [0.15, 0.2) is 0 Å². The number of hydrogen-bond acceptors (Lipinski definition) is 4. The van der Waals surface area contributed by atoms with E-state index in [1.807, 2.05) is 13.0 Å². The molecule has 0 saturated heterocycles. The average molecular weight is 295 g/mol. The second-order valence-electron chi connectivity index (χ2n) is 5.01. The molecule has 0 aliphatic rings. The summed E-state index contributed by atoms with van der Waals surface area (Å²) in [5, 5.41) is 0. The van der Waals surface area contributed by atoms with Crippen LogP contribution in [0.2, 0.25) is 0 Å². The molecule has 0 fully saturated rings. The number of hydrogen-bond donors (Lipinski definition) is 0. The van der Waals surface area contributed by atoms with E-state index in [1.165, 1.54) is 5.56 Å². The Morgan fingerprint density at radius 3 is 2.65 bits per heavy atom. The highest BCUT2D eigenvalue weighted by molar-refractivity contribution is 7.98. The van der Waals surface area contributed by atoms with Crippen LogP contribution in [-0.4, -0.2) is 43.1 Å². The van der Waals surface area contributed by atoms with Crippen molar-refractivity contribution in [2.45, 2.75) is 19.9 Å². The monoisotopic (exact) mass is 295 g/mol. The van der Waals surface area contributed by atoms with Crippen LogP contribution >= 0.6 is 11.8 Å². The Morgan fingerprint density at radius 1 is 1.35 bits per heavy atom. The highest BCUT2D eigenvalue weighted by atomic mass is 32.2. The van der Waals surface area contributed by atoms with Gasteiger partial charge in [0.25, 0.3) is 0 Å². The Morgan fingerprint density at radius 2 is 2.05 bits per heavy atom. The number of benzene rings is 1. The lowest BCUT2D eigenvalue weighted by Gasteiger charge is -2.23. The highest BCUT2D eigenvalue weighted by Gasteiger charge is 2.16. The van der Waals surface area contributed by atoms with Crippen molar-refractivity contribution in [3.63, 3.8) is 0 Å². The summed E-state index contributed by atoms with van der Waals surface area (Å²) in [7, 11) is 2.10. The van der Waals surface area contributed by atoms with Crippen LogP contribution < -0.4 is 0 Å². The minimum atomic E-state index is -0.0836. The molecule has 1 unspecified atom stereocenters. The molecule has 0 aliphatic carbocycles. The average Bonchev–Trinajstić information content (AvgIpc) is 2.40. The van der Waals surface area contributed by atoms with E-state index in [2.05, 4.69) is 42.5 Å². The Balaban J connectivity index is 2.45. The molecule has 1 atom stereocenters. The zero-order valence-electron chi connectivity index (χ0n) is 12.7. The van der Waals surface area contributed by atoms with Crippen molar-refractivity contribution in [3.05, 3.63) is 35.9 Å². The van der Waals surface area contributed by atoms with Gasteiger partial charge in [0, 0.05) is 13.1 Å². The van der Waals surface area contributed by atoms with Crippen LogP contribution in [0, 0.1) is 5.92 Å². The first-order valence-corrected chi connectivity index (χ1v) is 8.42. The summed E-state index contributed by atoms with van der Waals surface area (Å²) >= 11 is 1.78. The van der Waals surface area contributed by atoms with Crippen molar-refractivity contribution in [2.24, 2.45) is 5.92 Å². The fourth-order valence-electron chi connectivity index (χ4n) is 2.27. The largest absolute Gasteiger partial charge is 0.466 e. The third-order valence-electron chi connectivity index (χ3n) is 3.03. The van der Waals surface area contributed by atoms with Gasteiger partial charge in [0.05, 0.1) is 13.0 Å². The van der Waals surface area contributed by atoms with Gasteiger partial charge in [-0.15, -0.1) is 0 Å². The maximum atomic E-state index is 11.6. The van der Waals surface area contributed by atoms with Gasteiger partial charge in [-0.25, -0.2) is 0 Å². The predicted octanol–water partition coefficient (Wildman–Crippen LogP) is 3.05. The van der Waals surface area contributed by atoms with Gasteiger partial charge in [0.2, 0.25) is 0 Å². The van der Waals surface area contributed by atoms with Crippen molar-refractivity contribution in [3.8, 4) is 0 Å². The first-order chi connectivity index (χ1) is 9.65. The second kappa shape index (κ2) is 9.83. The van der Waals surface area contributed by atoms with E-state index < -0.39 is 0 Å². The number of carbonyl (C=O) groups is 1. The van der Waals surface area contributed by atoms with Gasteiger partial charge in [-0.1, -0.05) is 30.3 Å². The zero-order chi connectivity index (χ0) is 14.8. The predicted molar refractivity (Wildman–Crippen MR) is 85.9 cm³/mol. The molecule has 0 radical (unpaired) electrons. The normalized spacial score (nSPS) is 12.4. The first kappa shape index (κ1) is 17.1. The minimum Gasteiger partial charge on any atom is -0.466 e. The van der Waals surface area contributed by atoms with Crippen molar-refractivity contribution in [1.29, 1.82) is 0 Å². The number of nitrogens with zero attached hydrogens (tertiary/aromatic N) is 1. The first-order valence-electron chi connectivity index (χ1n) is 7.02. The van der Waals surface area contributed by atoms with E-state index >= 15 is 0 Å². The standard InChI is InChI=1S/C16H25NO2S/c1-4-19-16(18)10-15(13-20-3)12-17(2)11-14-8-6-5-7-9-14/h5-9,15H,4,10-13H2,1-3H3. The van der Waals surface area contributed by atoms with Crippen molar-refractivity contribution < 1.29 is 9.53 Å². The lowest BCUT2D eigenvalue weighted by molar-refractivity contribution is -0.144. The molecule has 0 bridgehead atoms. The van der Waals surface area contributed by atoms with E-state index in [-0.39, 0.29) is 5.97 Å². The molecule has 0 spiro atoms. The lowest BCUT2D eigenvalue weighted by atomic mass is 10.1. The number of carbonyl (C=O) groups excluding carboxylic acids is 1. The summed E-state index contributed by atoms with van der Waals surface area (Å²) in [6.07, 6.45) is 2.59. The fourth-order valence-corrected chi connectivity index (χ4v) is 2.96. The van der Waals surface area contributed by atoms with Crippen LogP contribution in [0.3, 0.4) is 0 Å². The summed E-state index contributed by atoms with van der Waals surface area (Å²) in [6.45, 7) is 4.14. The van der Waals surface area contributed by atoms with Gasteiger partial charge in [-0.2, -0.15) is 11.8 Å². The summed E-state index contributed by atoms with van der Waals surface area (Å²) < 4.78 is 5.05. The maximum absolute atomic E-state index is 11.6. The molecule has 20 heavy (non-hydrogen) atoms. The quantitative estimate of drug-likeness (QED) is 0.655. The molecule has 0 N–H and O–H groups in total. The van der Waals surface area contributed by atoms with Crippen LogP contribution in [0.5, 0.6) is 0 Å². The molecule has 1 aromatic carbocycles. The van der Waals surface area contributed by atoms with Crippen molar-refractivity contribution >= 4 is 17.7 Å². The molecule has 0 amide bonds. The van der Waals surface area contributed by atoms with Crippen LogP contribution in [0.4, 0.5) is 0 Å². The van der Waals surface area contributed by atoms with Crippen LogP contribution in [0.25, 0.3) is 0 Å².